The maximum Gasteiger partial charge on any atom is 0.133 e. The first-order chi connectivity index (χ1) is 4.83. The lowest BCUT2D eigenvalue weighted by atomic mass is 9.87. The third-order valence-corrected chi connectivity index (χ3v) is 5.71. The van der Waals surface area contributed by atoms with E-state index >= 15 is 0 Å². The fourth-order valence-electron chi connectivity index (χ4n) is 1.21. The van der Waals surface area contributed by atoms with Crippen molar-refractivity contribution in [2.45, 2.75) is 34.7 Å². The average Bonchev–Trinajstić information content (AvgIpc) is 1.81. The molecule has 1 nitrogen and oxygen atoms in total. The van der Waals surface area contributed by atoms with Gasteiger partial charge in [-0.25, -0.2) is 0 Å². The van der Waals surface area contributed by atoms with Crippen LogP contribution in [-0.2, 0) is 4.74 Å². The maximum atomic E-state index is 5.59. The number of hydrogen-bond acceptors (Lipinski definition) is 1. The minimum Gasteiger partial charge on any atom is -0.362 e. The highest BCUT2D eigenvalue weighted by atomic mass is 127. The first-order valence-corrected chi connectivity index (χ1v) is 6.13. The molecule has 0 aromatic carbocycles. The van der Waals surface area contributed by atoms with Gasteiger partial charge in [0, 0.05) is 0 Å². The van der Waals surface area contributed by atoms with Crippen molar-refractivity contribution >= 4 is 45.2 Å². The van der Waals surface area contributed by atoms with E-state index in [9.17, 15) is 0 Å². The van der Waals surface area contributed by atoms with Gasteiger partial charge in [0.25, 0.3) is 0 Å². The van der Waals surface area contributed by atoms with Gasteiger partial charge in [0.15, 0.2) is 0 Å². The van der Waals surface area contributed by atoms with Gasteiger partial charge >= 0.3 is 0 Å². The van der Waals surface area contributed by atoms with E-state index in [2.05, 4.69) is 66.0 Å². The molecule has 0 aliphatic carbocycles. The molecule has 0 saturated carbocycles. The molecule has 1 fully saturated rings. The Kier molecular flexibility index (Phi) is 3.14. The number of ether oxygens (including phenoxy) is 1. The zero-order chi connectivity index (χ0) is 8.70. The summed E-state index contributed by atoms with van der Waals surface area (Å²) < 4.78 is 6.40. The Balaban J connectivity index is 2.48. The molecule has 0 N–H and O–H groups in total. The van der Waals surface area contributed by atoms with Crippen LogP contribution in [0.2, 0.25) is 0 Å². The highest BCUT2D eigenvalue weighted by Gasteiger charge is 2.46. The Morgan fingerprint density at radius 3 is 2.18 bits per heavy atom. The topological polar surface area (TPSA) is 9.23 Å². The zero-order valence-electron chi connectivity index (χ0n) is 7.16. The van der Waals surface area contributed by atoms with Gasteiger partial charge in [-0.2, -0.15) is 0 Å². The standard InChI is InChI=1S/C8H14I2O/c1-7(2,3)5-8(10)6(9)4-11-8/h6H,4-5H2,1-3H3. The maximum absolute atomic E-state index is 5.59. The summed E-state index contributed by atoms with van der Waals surface area (Å²) in [5.41, 5.74) is 0.380. The summed E-state index contributed by atoms with van der Waals surface area (Å²) in [4.78, 5) is 0. The summed E-state index contributed by atoms with van der Waals surface area (Å²) in [6.07, 6.45) is 1.15. The normalized spacial score (nSPS) is 38.5. The Labute approximate surface area is 95.9 Å². The van der Waals surface area contributed by atoms with E-state index in [-0.39, 0.29) is 3.61 Å². The van der Waals surface area contributed by atoms with Crippen LogP contribution < -0.4 is 0 Å². The first-order valence-electron chi connectivity index (χ1n) is 3.80. The van der Waals surface area contributed by atoms with E-state index in [1.807, 2.05) is 0 Å². The largest absolute Gasteiger partial charge is 0.362 e. The summed E-state index contributed by atoms with van der Waals surface area (Å²) >= 11 is 4.93. The first kappa shape index (κ1) is 10.5. The molecule has 3 heteroatoms. The second kappa shape index (κ2) is 3.29. The van der Waals surface area contributed by atoms with Crippen LogP contribution in [0.15, 0.2) is 0 Å². The third kappa shape index (κ3) is 2.69. The molecular weight excluding hydrogens is 366 g/mol. The summed E-state index contributed by atoms with van der Waals surface area (Å²) in [5.74, 6) is 0. The van der Waals surface area contributed by atoms with Gasteiger partial charge < -0.3 is 4.74 Å². The van der Waals surface area contributed by atoms with Crippen LogP contribution in [0.4, 0.5) is 0 Å². The SMILES string of the molecule is CC(C)(C)CC1(I)OCC1I. The fourth-order valence-corrected chi connectivity index (χ4v) is 3.30. The lowest BCUT2D eigenvalue weighted by Gasteiger charge is -2.45. The molecule has 0 aromatic heterocycles. The van der Waals surface area contributed by atoms with Crippen LogP contribution in [-0.4, -0.2) is 14.1 Å². The van der Waals surface area contributed by atoms with Crippen molar-refractivity contribution in [2.75, 3.05) is 6.61 Å². The van der Waals surface area contributed by atoms with Crippen LogP contribution in [0, 0.1) is 5.41 Å². The predicted molar refractivity (Wildman–Crippen MR) is 64.6 cm³/mol. The van der Waals surface area contributed by atoms with Crippen molar-refractivity contribution in [3.8, 4) is 0 Å². The smallest absolute Gasteiger partial charge is 0.133 e. The Hall–Kier alpha value is 1.42. The highest BCUT2D eigenvalue weighted by molar-refractivity contribution is 14.1. The van der Waals surface area contributed by atoms with Gasteiger partial charge in [-0.3, -0.25) is 0 Å². The molecule has 66 valence electrons. The summed E-state index contributed by atoms with van der Waals surface area (Å²) in [6, 6.07) is 0. The third-order valence-electron chi connectivity index (χ3n) is 1.71. The summed E-state index contributed by atoms with van der Waals surface area (Å²) in [7, 11) is 0. The molecule has 1 saturated heterocycles. The molecule has 1 aliphatic rings. The van der Waals surface area contributed by atoms with Gasteiger partial charge in [-0.1, -0.05) is 43.4 Å². The summed E-state index contributed by atoms with van der Waals surface area (Å²) in [5, 5.41) is 0. The van der Waals surface area contributed by atoms with E-state index in [1.54, 1.807) is 0 Å². The van der Waals surface area contributed by atoms with Crippen LogP contribution in [0.5, 0.6) is 0 Å². The molecule has 0 amide bonds. The molecule has 1 heterocycles. The van der Waals surface area contributed by atoms with Crippen LogP contribution >= 0.6 is 45.2 Å². The molecule has 1 rings (SSSR count). The number of alkyl halides is 2. The lowest BCUT2D eigenvalue weighted by Crippen LogP contribution is -2.51. The molecule has 0 spiro atoms. The van der Waals surface area contributed by atoms with Crippen molar-refractivity contribution in [1.82, 2.24) is 0 Å². The van der Waals surface area contributed by atoms with E-state index in [1.165, 1.54) is 0 Å². The molecule has 2 atom stereocenters. The Bertz CT molecular complexity index is 153. The van der Waals surface area contributed by atoms with E-state index in [0.717, 1.165) is 13.0 Å². The Morgan fingerprint density at radius 1 is 1.55 bits per heavy atom. The minimum absolute atomic E-state index is 0.122. The second-order valence-electron chi connectivity index (χ2n) is 4.30. The molecule has 11 heavy (non-hydrogen) atoms. The van der Waals surface area contributed by atoms with Gasteiger partial charge in [0.1, 0.15) is 3.61 Å². The van der Waals surface area contributed by atoms with E-state index < -0.39 is 0 Å². The molecule has 1 aliphatic heterocycles. The zero-order valence-corrected chi connectivity index (χ0v) is 11.5. The number of halogens is 2. The predicted octanol–water partition coefficient (Wildman–Crippen LogP) is 3.39. The van der Waals surface area contributed by atoms with Crippen molar-refractivity contribution in [2.24, 2.45) is 5.41 Å². The summed E-state index contributed by atoms with van der Waals surface area (Å²) in [6.45, 7) is 7.72. The van der Waals surface area contributed by atoms with Crippen molar-refractivity contribution in [1.29, 1.82) is 0 Å². The average molecular weight is 380 g/mol. The van der Waals surface area contributed by atoms with Gasteiger partial charge in [-0.15, -0.1) is 0 Å². The molecule has 0 aromatic rings. The van der Waals surface area contributed by atoms with Crippen molar-refractivity contribution in [3.63, 3.8) is 0 Å². The molecule has 0 bridgehead atoms. The van der Waals surface area contributed by atoms with E-state index in [0.29, 0.717) is 9.34 Å². The van der Waals surface area contributed by atoms with Crippen LogP contribution in [0.3, 0.4) is 0 Å². The van der Waals surface area contributed by atoms with Crippen molar-refractivity contribution in [3.05, 3.63) is 0 Å². The Morgan fingerprint density at radius 2 is 2.09 bits per heavy atom. The van der Waals surface area contributed by atoms with Crippen molar-refractivity contribution < 1.29 is 4.74 Å². The highest BCUT2D eigenvalue weighted by Crippen LogP contribution is 2.46. The number of rotatable bonds is 1. The van der Waals surface area contributed by atoms with E-state index in [4.69, 9.17) is 4.74 Å². The van der Waals surface area contributed by atoms with Gasteiger partial charge in [0.05, 0.1) is 10.5 Å². The van der Waals surface area contributed by atoms with Crippen LogP contribution in [0.1, 0.15) is 27.2 Å². The minimum atomic E-state index is 0.122. The monoisotopic (exact) mass is 380 g/mol. The molecule has 0 radical (unpaired) electrons. The fraction of sp³-hybridized carbons (Fsp3) is 1.00. The molecular formula is C8H14I2O. The lowest BCUT2D eigenvalue weighted by molar-refractivity contribution is -0.0696. The van der Waals surface area contributed by atoms with Gasteiger partial charge in [0.2, 0.25) is 0 Å². The second-order valence-corrected chi connectivity index (χ2v) is 7.63. The quantitative estimate of drug-likeness (QED) is 0.501. The molecule has 2 unspecified atom stereocenters. The van der Waals surface area contributed by atoms with Crippen LogP contribution in [0.25, 0.3) is 0 Å². The van der Waals surface area contributed by atoms with Gasteiger partial charge in [-0.05, 0) is 34.4 Å². The number of hydrogen-bond donors (Lipinski definition) is 0.